The number of amides is 1. The van der Waals surface area contributed by atoms with E-state index in [-0.39, 0.29) is 11.3 Å². The van der Waals surface area contributed by atoms with Crippen molar-refractivity contribution in [3.8, 4) is 0 Å². The zero-order chi connectivity index (χ0) is 16.3. The number of hydrogen-bond donors (Lipinski definition) is 2. The highest BCUT2D eigenvalue weighted by atomic mass is 16.6. The summed E-state index contributed by atoms with van der Waals surface area (Å²) >= 11 is 0. The van der Waals surface area contributed by atoms with Crippen molar-refractivity contribution in [2.45, 2.75) is 44.6 Å². The fourth-order valence-electron chi connectivity index (χ4n) is 2.80. The van der Waals surface area contributed by atoms with Gasteiger partial charge in [-0.3, -0.25) is 14.9 Å². The van der Waals surface area contributed by atoms with Gasteiger partial charge in [-0.15, -0.1) is 0 Å². The van der Waals surface area contributed by atoms with Gasteiger partial charge in [0.05, 0.1) is 4.92 Å². The molecule has 0 heterocycles. The molecule has 2 rings (SSSR count). The van der Waals surface area contributed by atoms with Gasteiger partial charge in [0.1, 0.15) is 5.54 Å². The van der Waals surface area contributed by atoms with Crippen molar-refractivity contribution >= 4 is 17.6 Å². The Morgan fingerprint density at radius 1 is 1.27 bits per heavy atom. The maximum absolute atomic E-state index is 12.4. The Balaban J connectivity index is 2.29. The standard InChI is InChI=1S/C15H18N2O5/c1-10-5-6-11(17(21)22)9-12(10)13(18)16-15(14(19)20)7-3-2-4-8-15/h5-6,9H,2-4,7-8H2,1H3,(H,16,18)(H,19,20). The number of benzene rings is 1. The number of nitrogens with one attached hydrogen (secondary N) is 1. The van der Waals surface area contributed by atoms with Crippen LogP contribution in [0.25, 0.3) is 0 Å². The van der Waals surface area contributed by atoms with E-state index in [0.29, 0.717) is 18.4 Å². The lowest BCUT2D eigenvalue weighted by atomic mass is 9.81. The molecule has 0 saturated heterocycles. The molecule has 7 heteroatoms. The highest BCUT2D eigenvalue weighted by molar-refractivity contribution is 5.99. The molecule has 1 aliphatic carbocycles. The van der Waals surface area contributed by atoms with Crippen LogP contribution >= 0.6 is 0 Å². The first kappa shape index (κ1) is 15.9. The van der Waals surface area contributed by atoms with Gasteiger partial charge in [-0.2, -0.15) is 0 Å². The molecule has 1 amide bonds. The van der Waals surface area contributed by atoms with Crippen LogP contribution in [-0.2, 0) is 4.79 Å². The van der Waals surface area contributed by atoms with Crippen molar-refractivity contribution < 1.29 is 19.6 Å². The van der Waals surface area contributed by atoms with E-state index >= 15 is 0 Å². The first-order valence-electron chi connectivity index (χ1n) is 7.17. The van der Waals surface area contributed by atoms with Crippen LogP contribution in [0.5, 0.6) is 0 Å². The van der Waals surface area contributed by atoms with Crippen LogP contribution in [0.1, 0.15) is 48.0 Å². The van der Waals surface area contributed by atoms with Gasteiger partial charge in [-0.1, -0.05) is 25.3 Å². The highest BCUT2D eigenvalue weighted by Gasteiger charge is 2.41. The number of aryl methyl sites for hydroxylation is 1. The molecule has 0 radical (unpaired) electrons. The van der Waals surface area contributed by atoms with Crippen LogP contribution in [0, 0.1) is 17.0 Å². The molecule has 2 N–H and O–H groups in total. The van der Waals surface area contributed by atoms with Crippen LogP contribution < -0.4 is 5.32 Å². The maximum Gasteiger partial charge on any atom is 0.329 e. The molecule has 1 aliphatic rings. The van der Waals surface area contributed by atoms with Crippen LogP contribution in [0.3, 0.4) is 0 Å². The van der Waals surface area contributed by atoms with Crippen LogP contribution in [-0.4, -0.2) is 27.4 Å². The molecule has 0 bridgehead atoms. The Labute approximate surface area is 127 Å². The van der Waals surface area contributed by atoms with E-state index < -0.39 is 22.3 Å². The SMILES string of the molecule is Cc1ccc([N+](=O)[O-])cc1C(=O)NC1(C(=O)O)CCCCC1. The van der Waals surface area contributed by atoms with E-state index in [4.69, 9.17) is 0 Å². The summed E-state index contributed by atoms with van der Waals surface area (Å²) < 4.78 is 0. The molecule has 0 spiro atoms. The third-order valence-electron chi connectivity index (χ3n) is 4.15. The number of carbonyl (C=O) groups excluding carboxylic acids is 1. The number of carboxylic acids is 1. The summed E-state index contributed by atoms with van der Waals surface area (Å²) in [5.74, 6) is -1.63. The summed E-state index contributed by atoms with van der Waals surface area (Å²) in [5, 5.41) is 22.9. The largest absolute Gasteiger partial charge is 0.480 e. The lowest BCUT2D eigenvalue weighted by Gasteiger charge is -2.34. The van der Waals surface area contributed by atoms with Crippen molar-refractivity contribution in [2.24, 2.45) is 0 Å². The molecule has 1 aromatic rings. The van der Waals surface area contributed by atoms with Crippen LogP contribution in [0.2, 0.25) is 0 Å². The van der Waals surface area contributed by atoms with Crippen molar-refractivity contribution in [1.29, 1.82) is 0 Å². The Morgan fingerprint density at radius 2 is 1.91 bits per heavy atom. The third kappa shape index (κ3) is 3.08. The molecule has 1 saturated carbocycles. The molecule has 0 atom stereocenters. The zero-order valence-corrected chi connectivity index (χ0v) is 12.3. The first-order chi connectivity index (χ1) is 10.4. The summed E-state index contributed by atoms with van der Waals surface area (Å²) in [5.41, 5.74) is -0.754. The number of hydrogen-bond acceptors (Lipinski definition) is 4. The minimum absolute atomic E-state index is 0.139. The van der Waals surface area contributed by atoms with E-state index in [9.17, 15) is 24.8 Å². The monoisotopic (exact) mass is 306 g/mol. The number of nitro benzene ring substituents is 1. The van der Waals surface area contributed by atoms with Gasteiger partial charge < -0.3 is 10.4 Å². The first-order valence-corrected chi connectivity index (χ1v) is 7.17. The maximum atomic E-state index is 12.4. The van der Waals surface area contributed by atoms with E-state index in [1.165, 1.54) is 18.2 Å². The number of nitrogens with zero attached hydrogens (tertiary/aromatic N) is 1. The van der Waals surface area contributed by atoms with Gasteiger partial charge >= 0.3 is 5.97 Å². The summed E-state index contributed by atoms with van der Waals surface area (Å²) in [7, 11) is 0. The van der Waals surface area contributed by atoms with Gasteiger partial charge in [0.2, 0.25) is 0 Å². The van der Waals surface area contributed by atoms with Gasteiger partial charge in [0.15, 0.2) is 0 Å². The molecule has 118 valence electrons. The fraction of sp³-hybridized carbons (Fsp3) is 0.467. The van der Waals surface area contributed by atoms with Crippen LogP contribution in [0.4, 0.5) is 5.69 Å². The number of rotatable bonds is 4. The topological polar surface area (TPSA) is 110 Å². The highest BCUT2D eigenvalue weighted by Crippen LogP contribution is 2.29. The smallest absolute Gasteiger partial charge is 0.329 e. The van der Waals surface area contributed by atoms with Gasteiger partial charge in [-0.05, 0) is 25.3 Å². The number of carbonyl (C=O) groups is 2. The average molecular weight is 306 g/mol. The quantitative estimate of drug-likeness (QED) is 0.655. The zero-order valence-electron chi connectivity index (χ0n) is 12.3. The Morgan fingerprint density at radius 3 is 2.45 bits per heavy atom. The van der Waals surface area contributed by atoms with Gasteiger partial charge in [0.25, 0.3) is 11.6 Å². The molecule has 22 heavy (non-hydrogen) atoms. The molecule has 1 aromatic carbocycles. The van der Waals surface area contributed by atoms with Crippen molar-refractivity contribution in [2.75, 3.05) is 0 Å². The second kappa shape index (κ2) is 6.13. The van der Waals surface area contributed by atoms with Crippen molar-refractivity contribution in [1.82, 2.24) is 5.32 Å². The van der Waals surface area contributed by atoms with Gasteiger partial charge in [0, 0.05) is 17.7 Å². The molecular weight excluding hydrogens is 288 g/mol. The van der Waals surface area contributed by atoms with Crippen molar-refractivity contribution in [3.63, 3.8) is 0 Å². The summed E-state index contributed by atoms with van der Waals surface area (Å²) in [6.45, 7) is 1.66. The predicted octanol–water partition coefficient (Wildman–Crippen LogP) is 2.42. The summed E-state index contributed by atoms with van der Waals surface area (Å²) in [4.78, 5) is 34.2. The summed E-state index contributed by atoms with van der Waals surface area (Å²) in [6.07, 6.45) is 3.17. The number of carboxylic acid groups (broad SMARTS) is 1. The molecule has 0 unspecified atom stereocenters. The molecule has 0 aliphatic heterocycles. The molecular formula is C15H18N2O5. The fourth-order valence-corrected chi connectivity index (χ4v) is 2.80. The van der Waals surface area contributed by atoms with Crippen LogP contribution in [0.15, 0.2) is 18.2 Å². The van der Waals surface area contributed by atoms with E-state index in [0.717, 1.165) is 19.3 Å². The second-order valence-corrected chi connectivity index (χ2v) is 5.66. The van der Waals surface area contributed by atoms with Crippen molar-refractivity contribution in [3.05, 3.63) is 39.4 Å². The minimum Gasteiger partial charge on any atom is -0.480 e. The molecule has 1 fully saturated rings. The Hall–Kier alpha value is -2.44. The number of nitro groups is 1. The van der Waals surface area contributed by atoms with E-state index in [1.54, 1.807) is 6.92 Å². The third-order valence-corrected chi connectivity index (χ3v) is 4.15. The number of aliphatic carboxylic acids is 1. The Bertz CT molecular complexity index is 620. The molecule has 7 nitrogen and oxygen atoms in total. The van der Waals surface area contributed by atoms with Gasteiger partial charge in [-0.25, -0.2) is 4.79 Å². The lowest BCUT2D eigenvalue weighted by molar-refractivity contribution is -0.384. The average Bonchev–Trinajstić information content (AvgIpc) is 2.48. The summed E-state index contributed by atoms with van der Waals surface area (Å²) in [6, 6.07) is 3.99. The normalized spacial score (nSPS) is 16.8. The van der Waals surface area contributed by atoms with E-state index in [1.807, 2.05) is 0 Å². The Kier molecular flexibility index (Phi) is 4.44. The lowest BCUT2D eigenvalue weighted by Crippen LogP contribution is -2.55. The molecule has 0 aromatic heterocycles. The predicted molar refractivity (Wildman–Crippen MR) is 78.8 cm³/mol. The van der Waals surface area contributed by atoms with E-state index in [2.05, 4.69) is 5.32 Å². The number of non-ortho nitro benzene ring substituents is 1. The minimum atomic E-state index is -1.27. The second-order valence-electron chi connectivity index (χ2n) is 5.66.